The van der Waals surface area contributed by atoms with Crippen LogP contribution in [0.15, 0.2) is 23.8 Å². The average Bonchev–Trinajstić information content (AvgIpc) is 1.87. The smallest absolute Gasteiger partial charge is 0.309 e. The van der Waals surface area contributed by atoms with Crippen molar-refractivity contribution in [2.24, 2.45) is 11.5 Å². The lowest BCUT2D eigenvalue weighted by Gasteiger charge is -1.94. The Bertz CT molecular complexity index is 208. The van der Waals surface area contributed by atoms with Gasteiger partial charge in [0.05, 0.1) is 0 Å². The van der Waals surface area contributed by atoms with E-state index in [1.807, 2.05) is 0 Å². The molecule has 62 valence electrons. The summed E-state index contributed by atoms with van der Waals surface area (Å²) in [5.74, 6) is 0. The molecule has 6 heteroatoms. The molecule has 0 saturated heterocycles. The molecule has 0 fully saturated rings. The largest absolute Gasteiger partial charge is 0.352 e. The zero-order valence-electron chi connectivity index (χ0n) is 5.69. The number of carbonyl (C=O) groups is 1. The van der Waals surface area contributed by atoms with Gasteiger partial charge in [0.1, 0.15) is 11.0 Å². The van der Waals surface area contributed by atoms with Crippen LogP contribution in [0, 0.1) is 0 Å². The number of primary amides is 2. The number of allylic oxidation sites excluding steroid dienone is 2. The molecule has 0 bridgehead atoms. The summed E-state index contributed by atoms with van der Waals surface area (Å²) in [6.45, 7) is 0. The minimum absolute atomic E-state index is 0.833. The summed E-state index contributed by atoms with van der Waals surface area (Å²) in [6, 6.07) is -0.833. The van der Waals surface area contributed by atoms with Crippen LogP contribution in [0.1, 0.15) is 0 Å². The fourth-order valence-corrected chi connectivity index (χ4v) is 0.843. The highest BCUT2D eigenvalue weighted by molar-refractivity contribution is 7.86. The zero-order chi connectivity index (χ0) is 8.69. The third kappa shape index (κ3) is 8.70. The molecule has 0 aliphatic carbocycles. The minimum Gasteiger partial charge on any atom is -0.352 e. The Morgan fingerprint density at radius 2 is 1.91 bits per heavy atom. The normalized spacial score (nSPS) is 19.5. The highest BCUT2D eigenvalue weighted by Crippen LogP contribution is 1.86. The molecule has 1 atom stereocenters. The molecule has 0 aromatic carbocycles. The van der Waals surface area contributed by atoms with Crippen LogP contribution in [0.25, 0.3) is 0 Å². The summed E-state index contributed by atoms with van der Waals surface area (Å²) in [4.78, 5) is 9.00. The molecule has 0 saturated carbocycles. The van der Waals surface area contributed by atoms with Crippen LogP contribution >= 0.6 is 0 Å². The molecule has 2 amide bonds. The molecule has 0 aromatic heterocycles. The van der Waals surface area contributed by atoms with E-state index in [1.165, 1.54) is 0 Å². The maximum atomic E-state index is 10.3. The van der Waals surface area contributed by atoms with Crippen LogP contribution in [0.5, 0.6) is 0 Å². The van der Waals surface area contributed by atoms with Crippen LogP contribution in [0.3, 0.4) is 0 Å². The summed E-state index contributed by atoms with van der Waals surface area (Å²) >= 11 is 0. The Balaban J connectivity index is 0.000000218. The van der Waals surface area contributed by atoms with Gasteiger partial charge in [-0.3, -0.25) is 0 Å². The van der Waals surface area contributed by atoms with Gasteiger partial charge in [0.25, 0.3) is 0 Å². The maximum absolute atomic E-state index is 10.3. The maximum Gasteiger partial charge on any atom is 0.309 e. The summed E-state index contributed by atoms with van der Waals surface area (Å²) in [5, 5.41) is 1.58. The third-order valence-corrected chi connectivity index (χ3v) is 1.37. The monoisotopic (exact) mass is 175 g/mol. The number of hydrogen-bond donors (Lipinski definition) is 3. The van der Waals surface area contributed by atoms with Gasteiger partial charge in [-0.25, -0.2) is 9.00 Å². The van der Waals surface area contributed by atoms with E-state index in [1.54, 1.807) is 23.8 Å². The lowest BCUT2D eigenvalue weighted by Crippen LogP contribution is -2.18. The Labute approximate surface area is 66.7 Å². The van der Waals surface area contributed by atoms with Crippen molar-refractivity contribution in [1.82, 2.24) is 4.72 Å². The predicted molar refractivity (Wildman–Crippen MR) is 43.3 cm³/mol. The standard InChI is InChI=1S/C4H5NOS.CH4N2O/c6-7-4-2-1-3-5-7;2-1(3)4/h1-5H;(H4,2,3,4). The van der Waals surface area contributed by atoms with E-state index in [4.69, 9.17) is 4.79 Å². The van der Waals surface area contributed by atoms with Gasteiger partial charge in [0.15, 0.2) is 0 Å². The van der Waals surface area contributed by atoms with Crippen LogP contribution in [-0.2, 0) is 11.0 Å². The molecule has 1 rings (SSSR count). The van der Waals surface area contributed by atoms with E-state index in [-0.39, 0.29) is 0 Å². The second-order valence-corrected chi connectivity index (χ2v) is 2.61. The van der Waals surface area contributed by atoms with Crippen molar-refractivity contribution >= 4 is 17.0 Å². The van der Waals surface area contributed by atoms with Crippen LogP contribution in [0.2, 0.25) is 0 Å². The van der Waals surface area contributed by atoms with Crippen molar-refractivity contribution < 1.29 is 9.00 Å². The molecular weight excluding hydrogens is 166 g/mol. The molecule has 5 N–H and O–H groups in total. The van der Waals surface area contributed by atoms with Crippen molar-refractivity contribution in [3.63, 3.8) is 0 Å². The molecule has 1 heterocycles. The summed E-state index contributed by atoms with van der Waals surface area (Å²) in [7, 11) is -0.958. The molecule has 0 spiro atoms. The predicted octanol–water partition coefficient (Wildman–Crippen LogP) is -0.696. The van der Waals surface area contributed by atoms with Gasteiger partial charge in [-0.1, -0.05) is 6.08 Å². The first kappa shape index (κ1) is 9.70. The molecule has 1 unspecified atom stereocenters. The minimum atomic E-state index is -0.958. The average molecular weight is 175 g/mol. The molecular formula is C5H9N3O2S. The van der Waals surface area contributed by atoms with Crippen molar-refractivity contribution in [1.29, 1.82) is 0 Å². The van der Waals surface area contributed by atoms with Gasteiger partial charge in [-0.2, -0.15) is 0 Å². The number of nitrogens with one attached hydrogen (secondary N) is 1. The second-order valence-electron chi connectivity index (χ2n) is 1.51. The second kappa shape index (κ2) is 5.48. The fourth-order valence-electron chi connectivity index (χ4n) is 0.318. The topological polar surface area (TPSA) is 98.2 Å². The zero-order valence-corrected chi connectivity index (χ0v) is 6.51. The number of carbonyl (C=O) groups excluding carboxylic acids is 1. The van der Waals surface area contributed by atoms with Gasteiger partial charge in [-0.05, 0) is 6.08 Å². The van der Waals surface area contributed by atoms with Gasteiger partial charge in [-0.15, -0.1) is 0 Å². The van der Waals surface area contributed by atoms with Crippen molar-refractivity contribution in [2.75, 3.05) is 0 Å². The Morgan fingerprint density at radius 1 is 1.36 bits per heavy atom. The number of urea groups is 1. The SMILES string of the molecule is NC(N)=O.O=S1C=CC=CN1. The number of nitrogens with two attached hydrogens (primary N) is 2. The van der Waals surface area contributed by atoms with Gasteiger partial charge in [0.2, 0.25) is 0 Å². The Hall–Kier alpha value is -1.30. The summed E-state index contributed by atoms with van der Waals surface area (Å²) < 4.78 is 12.9. The number of hydrogen-bond acceptors (Lipinski definition) is 2. The molecule has 0 aromatic rings. The van der Waals surface area contributed by atoms with Gasteiger partial charge >= 0.3 is 6.03 Å². The highest BCUT2D eigenvalue weighted by atomic mass is 32.2. The van der Waals surface area contributed by atoms with E-state index in [9.17, 15) is 4.21 Å². The van der Waals surface area contributed by atoms with Gasteiger partial charge < -0.3 is 16.2 Å². The fraction of sp³-hybridized carbons (Fsp3) is 0. The third-order valence-electron chi connectivity index (χ3n) is 0.594. The van der Waals surface area contributed by atoms with Crippen LogP contribution in [0.4, 0.5) is 4.79 Å². The lowest BCUT2D eigenvalue weighted by atomic mass is 10.6. The lowest BCUT2D eigenvalue weighted by molar-refractivity contribution is 0.256. The quantitative estimate of drug-likeness (QED) is 0.454. The van der Waals surface area contributed by atoms with Crippen LogP contribution < -0.4 is 16.2 Å². The van der Waals surface area contributed by atoms with Crippen molar-refractivity contribution in [2.45, 2.75) is 0 Å². The molecule has 11 heavy (non-hydrogen) atoms. The van der Waals surface area contributed by atoms with E-state index in [2.05, 4.69) is 16.2 Å². The Morgan fingerprint density at radius 3 is 2.09 bits per heavy atom. The molecule has 0 radical (unpaired) electrons. The first-order valence-electron chi connectivity index (χ1n) is 2.68. The first-order valence-corrected chi connectivity index (χ1v) is 3.89. The summed E-state index contributed by atoms with van der Waals surface area (Å²) in [6.07, 6.45) is 5.18. The molecule has 1 aliphatic rings. The van der Waals surface area contributed by atoms with Crippen molar-refractivity contribution in [3.05, 3.63) is 23.8 Å². The van der Waals surface area contributed by atoms with E-state index >= 15 is 0 Å². The van der Waals surface area contributed by atoms with E-state index in [0.29, 0.717) is 0 Å². The molecule has 1 aliphatic heterocycles. The van der Waals surface area contributed by atoms with E-state index in [0.717, 1.165) is 0 Å². The van der Waals surface area contributed by atoms with E-state index < -0.39 is 17.0 Å². The van der Waals surface area contributed by atoms with Crippen molar-refractivity contribution in [3.8, 4) is 0 Å². The summed E-state index contributed by atoms with van der Waals surface area (Å²) in [5.41, 5.74) is 8.50. The highest BCUT2D eigenvalue weighted by Gasteiger charge is 1.87. The first-order chi connectivity index (χ1) is 5.13. The molecule has 5 nitrogen and oxygen atoms in total. The number of amides is 2. The number of rotatable bonds is 0. The van der Waals surface area contributed by atoms with Crippen LogP contribution in [-0.4, -0.2) is 10.2 Å². The van der Waals surface area contributed by atoms with Gasteiger partial charge in [0, 0.05) is 11.6 Å². The Kier molecular flexibility index (Phi) is 4.83.